The van der Waals surface area contributed by atoms with Crippen molar-refractivity contribution in [2.45, 2.75) is 53.4 Å². The summed E-state index contributed by atoms with van der Waals surface area (Å²) in [5, 5.41) is 16.0. The van der Waals surface area contributed by atoms with Crippen LogP contribution in [0, 0.1) is 24.2 Å². The van der Waals surface area contributed by atoms with E-state index in [-0.39, 0.29) is 24.3 Å². The largest absolute Gasteiger partial charge is 0.491 e. The number of allylic oxidation sites excluding steroid dienone is 3. The fourth-order valence-corrected chi connectivity index (χ4v) is 6.29. The zero-order chi connectivity index (χ0) is 34.6. The number of nitriles is 1. The van der Waals surface area contributed by atoms with Crippen LogP contribution in [0.5, 0.6) is 5.75 Å². The SMILES string of the molecule is CCN(C(=O)C1CCCC1)c1cc(-c2ccc(OCCN3CCOCC3)c(C#N)c2)cc(C(=O)NC/C(C=O)=C(C)/C=C(/C)NC)c1C. The first kappa shape index (κ1) is 36.4. The summed E-state index contributed by atoms with van der Waals surface area (Å²) >= 11 is 0. The first-order chi connectivity index (χ1) is 23.2. The van der Waals surface area contributed by atoms with Gasteiger partial charge in [0.15, 0.2) is 0 Å². The predicted octanol–water partition coefficient (Wildman–Crippen LogP) is 5.16. The number of anilines is 1. The van der Waals surface area contributed by atoms with Crippen molar-refractivity contribution in [3.05, 3.63) is 69.9 Å². The Bertz CT molecular complexity index is 1580. The van der Waals surface area contributed by atoms with Crippen LogP contribution in [0.1, 0.15) is 67.9 Å². The summed E-state index contributed by atoms with van der Waals surface area (Å²) in [6.45, 7) is 12.3. The van der Waals surface area contributed by atoms with E-state index in [9.17, 15) is 19.6 Å². The van der Waals surface area contributed by atoms with Gasteiger partial charge in [0, 0.05) is 68.2 Å². The fourth-order valence-electron chi connectivity index (χ4n) is 6.29. The minimum absolute atomic E-state index is 0.0400. The molecule has 0 unspecified atom stereocenters. The van der Waals surface area contributed by atoms with Gasteiger partial charge in [0.1, 0.15) is 24.7 Å². The van der Waals surface area contributed by atoms with Crippen LogP contribution in [0.15, 0.2) is 53.3 Å². The molecule has 0 atom stereocenters. The highest BCUT2D eigenvalue weighted by Crippen LogP contribution is 2.35. The molecule has 0 radical (unpaired) electrons. The Kier molecular flexibility index (Phi) is 13.4. The molecule has 4 rings (SSSR count). The number of hydrogen-bond donors (Lipinski definition) is 2. The Hall–Kier alpha value is -4.46. The van der Waals surface area contributed by atoms with Crippen molar-refractivity contribution in [3.8, 4) is 22.9 Å². The van der Waals surface area contributed by atoms with Crippen molar-refractivity contribution < 1.29 is 23.9 Å². The number of ether oxygens (including phenoxy) is 2. The summed E-state index contributed by atoms with van der Waals surface area (Å²) in [6, 6.07) is 11.4. The normalized spacial score (nSPS) is 16.1. The number of amides is 2. The minimum Gasteiger partial charge on any atom is -0.491 e. The molecule has 1 aliphatic carbocycles. The smallest absolute Gasteiger partial charge is 0.251 e. The van der Waals surface area contributed by atoms with Crippen molar-refractivity contribution >= 4 is 23.8 Å². The summed E-state index contributed by atoms with van der Waals surface area (Å²) in [6.07, 6.45) is 6.41. The van der Waals surface area contributed by atoms with E-state index in [1.807, 2.05) is 45.9 Å². The molecule has 0 aromatic heterocycles. The molecule has 1 heterocycles. The molecule has 1 aliphatic heterocycles. The van der Waals surface area contributed by atoms with Crippen LogP contribution in [-0.4, -0.2) is 82.6 Å². The summed E-state index contributed by atoms with van der Waals surface area (Å²) in [5.74, 6) is 0.168. The number of nitrogens with one attached hydrogen (secondary N) is 2. The lowest BCUT2D eigenvalue weighted by Gasteiger charge is -2.28. The monoisotopic (exact) mass is 655 g/mol. The van der Waals surface area contributed by atoms with Crippen molar-refractivity contribution in [2.75, 3.05) is 64.5 Å². The van der Waals surface area contributed by atoms with E-state index in [0.29, 0.717) is 65.6 Å². The zero-order valence-corrected chi connectivity index (χ0v) is 29.0. The van der Waals surface area contributed by atoms with Gasteiger partial charge in [0.05, 0.1) is 18.8 Å². The topological polar surface area (TPSA) is 124 Å². The number of benzene rings is 2. The van der Waals surface area contributed by atoms with Crippen LogP contribution in [0.25, 0.3) is 11.1 Å². The second-order valence-electron chi connectivity index (χ2n) is 12.4. The molecule has 2 amide bonds. The molecule has 2 aromatic rings. The molecule has 256 valence electrons. The maximum Gasteiger partial charge on any atom is 0.251 e. The van der Waals surface area contributed by atoms with Gasteiger partial charge >= 0.3 is 0 Å². The van der Waals surface area contributed by atoms with Gasteiger partial charge in [0.25, 0.3) is 5.91 Å². The lowest BCUT2D eigenvalue weighted by atomic mass is 9.95. The van der Waals surface area contributed by atoms with E-state index < -0.39 is 0 Å². The third-order valence-corrected chi connectivity index (χ3v) is 9.32. The standard InChI is InChI=1S/C38H49N5O5/c1-6-43(38(46)29-9-7-8-10-29)35-22-31(21-34(28(35)4)37(45)41-24-33(25-44)26(2)19-27(3)40-5)30-11-12-36(32(20-30)23-39)48-18-15-42-13-16-47-17-14-42/h11-12,19-22,25,29,40H,6-10,13-18,24H2,1-5H3,(H,41,45)/b27-19-,33-26-. The van der Waals surface area contributed by atoms with Crippen LogP contribution < -0.4 is 20.3 Å². The van der Waals surface area contributed by atoms with Crippen LogP contribution in [0.3, 0.4) is 0 Å². The number of aldehydes is 1. The molecule has 1 saturated heterocycles. The molecule has 2 N–H and O–H groups in total. The lowest BCUT2D eigenvalue weighted by Crippen LogP contribution is -2.38. The van der Waals surface area contributed by atoms with Crippen molar-refractivity contribution in [3.63, 3.8) is 0 Å². The van der Waals surface area contributed by atoms with Gasteiger partial charge in [-0.2, -0.15) is 5.26 Å². The van der Waals surface area contributed by atoms with Gasteiger partial charge in [-0.15, -0.1) is 0 Å². The Balaban J connectivity index is 1.68. The van der Waals surface area contributed by atoms with E-state index in [0.717, 1.165) is 68.4 Å². The average Bonchev–Trinajstić information content (AvgIpc) is 3.65. The number of morpholine rings is 1. The summed E-state index contributed by atoms with van der Waals surface area (Å²) in [4.78, 5) is 43.6. The minimum atomic E-state index is -0.356. The highest BCUT2D eigenvalue weighted by Gasteiger charge is 2.29. The summed E-state index contributed by atoms with van der Waals surface area (Å²) in [5.41, 5.74) is 5.65. The molecular formula is C38H49N5O5. The first-order valence-corrected chi connectivity index (χ1v) is 16.9. The van der Waals surface area contributed by atoms with Crippen molar-refractivity contribution in [1.29, 1.82) is 5.26 Å². The second kappa shape index (κ2) is 17.6. The Morgan fingerprint density at radius 2 is 1.85 bits per heavy atom. The van der Waals surface area contributed by atoms with E-state index in [1.165, 1.54) is 0 Å². The summed E-state index contributed by atoms with van der Waals surface area (Å²) < 4.78 is 11.4. The average molecular weight is 656 g/mol. The van der Waals surface area contributed by atoms with Crippen LogP contribution in [0.4, 0.5) is 5.69 Å². The van der Waals surface area contributed by atoms with E-state index >= 15 is 0 Å². The number of rotatable bonds is 14. The molecular weight excluding hydrogens is 606 g/mol. The highest BCUT2D eigenvalue weighted by atomic mass is 16.5. The molecule has 2 fully saturated rings. The number of nitrogens with zero attached hydrogens (tertiary/aromatic N) is 3. The van der Waals surface area contributed by atoms with Crippen LogP contribution in [-0.2, 0) is 14.3 Å². The van der Waals surface area contributed by atoms with E-state index in [1.54, 1.807) is 30.1 Å². The van der Waals surface area contributed by atoms with Gasteiger partial charge in [-0.3, -0.25) is 19.3 Å². The van der Waals surface area contributed by atoms with E-state index in [4.69, 9.17) is 9.47 Å². The maximum absolute atomic E-state index is 13.8. The number of hydrogen-bond acceptors (Lipinski definition) is 8. The van der Waals surface area contributed by atoms with Crippen LogP contribution >= 0.6 is 0 Å². The van der Waals surface area contributed by atoms with Gasteiger partial charge in [0.2, 0.25) is 5.91 Å². The van der Waals surface area contributed by atoms with Gasteiger partial charge in [-0.25, -0.2) is 0 Å². The van der Waals surface area contributed by atoms with Crippen LogP contribution in [0.2, 0.25) is 0 Å². The van der Waals surface area contributed by atoms with Crippen molar-refractivity contribution in [2.24, 2.45) is 5.92 Å². The third kappa shape index (κ3) is 9.12. The molecule has 2 aliphatic rings. The van der Waals surface area contributed by atoms with Gasteiger partial charge in [-0.1, -0.05) is 18.9 Å². The molecule has 48 heavy (non-hydrogen) atoms. The lowest BCUT2D eigenvalue weighted by molar-refractivity contribution is -0.122. The molecule has 10 heteroatoms. The summed E-state index contributed by atoms with van der Waals surface area (Å²) in [7, 11) is 1.80. The molecule has 0 spiro atoms. The molecule has 0 bridgehead atoms. The number of carbonyl (C=O) groups excluding carboxylic acids is 3. The Morgan fingerprint density at radius 1 is 1.12 bits per heavy atom. The first-order valence-electron chi connectivity index (χ1n) is 16.9. The fraction of sp³-hybridized carbons (Fsp3) is 0.474. The quantitative estimate of drug-likeness (QED) is 0.163. The highest BCUT2D eigenvalue weighted by molar-refractivity contribution is 6.03. The zero-order valence-electron chi connectivity index (χ0n) is 29.0. The van der Waals surface area contributed by atoms with Gasteiger partial charge in [-0.05, 0) is 93.1 Å². The molecule has 1 saturated carbocycles. The number of carbonyl (C=O) groups is 3. The maximum atomic E-state index is 13.8. The van der Waals surface area contributed by atoms with E-state index in [2.05, 4.69) is 21.6 Å². The second-order valence-corrected chi connectivity index (χ2v) is 12.4. The predicted molar refractivity (Wildman–Crippen MR) is 188 cm³/mol. The third-order valence-electron chi connectivity index (χ3n) is 9.32. The Labute approximate surface area is 284 Å². The Morgan fingerprint density at radius 3 is 2.50 bits per heavy atom. The molecule has 10 nitrogen and oxygen atoms in total. The molecule has 2 aromatic carbocycles. The van der Waals surface area contributed by atoms with Gasteiger partial charge < -0.3 is 25.0 Å². The van der Waals surface area contributed by atoms with Crippen molar-refractivity contribution in [1.82, 2.24) is 15.5 Å².